The highest BCUT2D eigenvalue weighted by Crippen LogP contribution is 2.27. The second-order valence-electron chi connectivity index (χ2n) is 3.69. The Hall–Kier alpha value is -1.54. The smallest absolute Gasteiger partial charge is 0.222 e. The second-order valence-corrected chi connectivity index (χ2v) is 5.40. The molecule has 20 heavy (non-hydrogen) atoms. The summed E-state index contributed by atoms with van der Waals surface area (Å²) in [4.78, 5) is 1.17. The van der Waals surface area contributed by atoms with Gasteiger partial charge in [-0.2, -0.15) is 0 Å². The summed E-state index contributed by atoms with van der Waals surface area (Å²) in [6.45, 7) is 0. The fourth-order valence-electron chi connectivity index (χ4n) is 1.58. The Bertz CT molecular complexity index is 673. The van der Waals surface area contributed by atoms with Crippen molar-refractivity contribution in [2.24, 2.45) is 0 Å². The summed E-state index contributed by atoms with van der Waals surface area (Å²) in [7, 11) is -4.94. The molecule has 1 aromatic carbocycles. The molecule has 0 atom stereocenters. The molecule has 0 saturated heterocycles. The van der Waals surface area contributed by atoms with Gasteiger partial charge in [-0.25, -0.2) is 23.1 Å². The SMILES string of the molecule is [O-][Cl+3]([O-])([O-])[O-].c1csc(-c2ccc3ccccc3[o+]2)c1. The summed E-state index contributed by atoms with van der Waals surface area (Å²) in [5.74, 6) is 0.934. The highest BCUT2D eigenvalue weighted by molar-refractivity contribution is 7.13. The molecule has 0 radical (unpaired) electrons. The van der Waals surface area contributed by atoms with Crippen molar-refractivity contribution in [2.45, 2.75) is 0 Å². The monoisotopic (exact) mass is 312 g/mol. The minimum Gasteiger partial charge on any atom is -0.222 e. The van der Waals surface area contributed by atoms with Crippen LogP contribution in [0.1, 0.15) is 0 Å². The zero-order valence-electron chi connectivity index (χ0n) is 10.0. The van der Waals surface area contributed by atoms with Crippen molar-refractivity contribution in [1.82, 2.24) is 0 Å². The van der Waals surface area contributed by atoms with E-state index in [1.54, 1.807) is 11.3 Å². The normalized spacial score (nSPS) is 11.0. The van der Waals surface area contributed by atoms with Crippen molar-refractivity contribution in [1.29, 1.82) is 0 Å². The molecule has 0 saturated carbocycles. The molecule has 7 heteroatoms. The maximum atomic E-state index is 8.49. The Morgan fingerprint density at radius 2 is 1.55 bits per heavy atom. The van der Waals surface area contributed by atoms with Crippen LogP contribution >= 0.6 is 11.3 Å². The molecule has 0 aliphatic carbocycles. The van der Waals surface area contributed by atoms with Gasteiger partial charge in [0.15, 0.2) is 0 Å². The van der Waals surface area contributed by atoms with E-state index in [0.717, 1.165) is 16.7 Å². The van der Waals surface area contributed by atoms with Crippen LogP contribution in [0.4, 0.5) is 0 Å². The average molecular weight is 313 g/mol. The molecule has 3 aromatic rings. The standard InChI is InChI=1S/C13H9OS.ClHO4/c1-2-5-11-10(4-1)7-8-12(14-11)13-6-3-9-15-13;2-1(3,4)5/h1-9H;(H,2,3,4,5)/q+1;/p-1. The molecule has 0 unspecified atom stereocenters. The predicted molar refractivity (Wildman–Crippen MR) is 63.9 cm³/mol. The average Bonchev–Trinajstić information content (AvgIpc) is 2.90. The molecule has 0 aliphatic rings. The molecule has 0 spiro atoms. The third-order valence-electron chi connectivity index (χ3n) is 2.32. The van der Waals surface area contributed by atoms with Crippen LogP contribution in [0.5, 0.6) is 0 Å². The lowest BCUT2D eigenvalue weighted by Gasteiger charge is -2.17. The third-order valence-corrected chi connectivity index (χ3v) is 3.20. The van der Waals surface area contributed by atoms with Crippen LogP contribution in [0.15, 0.2) is 58.3 Å². The van der Waals surface area contributed by atoms with Gasteiger partial charge < -0.3 is 0 Å². The van der Waals surface area contributed by atoms with E-state index in [4.69, 9.17) is 23.1 Å². The van der Waals surface area contributed by atoms with Gasteiger partial charge in [0, 0.05) is 12.1 Å². The van der Waals surface area contributed by atoms with Crippen molar-refractivity contribution >= 4 is 22.3 Å². The largest absolute Gasteiger partial charge is 0.370 e. The number of hydrogen-bond acceptors (Lipinski definition) is 5. The van der Waals surface area contributed by atoms with E-state index >= 15 is 0 Å². The number of thiophene rings is 1. The van der Waals surface area contributed by atoms with Gasteiger partial charge in [-0.05, 0) is 23.6 Å². The highest BCUT2D eigenvalue weighted by atomic mass is 35.7. The van der Waals surface area contributed by atoms with Gasteiger partial charge in [-0.1, -0.05) is 18.2 Å². The van der Waals surface area contributed by atoms with Gasteiger partial charge in [-0.15, -0.1) is 21.6 Å². The molecule has 3 rings (SSSR count). The van der Waals surface area contributed by atoms with Crippen molar-refractivity contribution in [2.75, 3.05) is 0 Å². The molecule has 0 bridgehead atoms. The molecule has 0 N–H and O–H groups in total. The van der Waals surface area contributed by atoms with E-state index in [1.807, 2.05) is 30.3 Å². The summed E-state index contributed by atoms with van der Waals surface area (Å²) < 4.78 is 39.8. The maximum Gasteiger partial charge on any atom is 0.370 e. The Kier molecular flexibility index (Phi) is 4.66. The fourth-order valence-corrected chi connectivity index (χ4v) is 2.27. The lowest BCUT2D eigenvalue weighted by molar-refractivity contribution is -2.00. The Morgan fingerprint density at radius 3 is 2.20 bits per heavy atom. The van der Waals surface area contributed by atoms with Crippen LogP contribution < -0.4 is 18.6 Å². The quantitative estimate of drug-likeness (QED) is 0.573. The molecule has 2 aromatic heterocycles. The number of para-hydroxylation sites is 1. The summed E-state index contributed by atoms with van der Waals surface area (Å²) in [6, 6.07) is 16.3. The van der Waals surface area contributed by atoms with E-state index in [1.165, 1.54) is 4.88 Å². The molecule has 2 heterocycles. The summed E-state index contributed by atoms with van der Waals surface area (Å²) in [5.41, 5.74) is 0.934. The van der Waals surface area contributed by atoms with E-state index in [-0.39, 0.29) is 0 Å². The molecular formula is C13H9ClO5S. The molecule has 0 fully saturated rings. The van der Waals surface area contributed by atoms with Crippen LogP contribution in [0, 0.1) is 10.2 Å². The van der Waals surface area contributed by atoms with Gasteiger partial charge in [0.2, 0.25) is 0 Å². The van der Waals surface area contributed by atoms with Crippen LogP contribution in [0.3, 0.4) is 0 Å². The van der Waals surface area contributed by atoms with Crippen LogP contribution in [0.2, 0.25) is 0 Å². The summed E-state index contributed by atoms with van der Waals surface area (Å²) >= 11 is 1.69. The van der Waals surface area contributed by atoms with Crippen LogP contribution in [0.25, 0.3) is 21.6 Å². The van der Waals surface area contributed by atoms with Gasteiger partial charge in [0.1, 0.15) is 4.88 Å². The lowest BCUT2D eigenvalue weighted by Crippen LogP contribution is -2.68. The van der Waals surface area contributed by atoms with Crippen LogP contribution in [-0.2, 0) is 0 Å². The first kappa shape index (κ1) is 14.9. The molecule has 104 valence electrons. The number of halogens is 1. The first-order chi connectivity index (χ1) is 9.43. The Morgan fingerprint density at radius 1 is 0.850 bits per heavy atom. The molecule has 0 amide bonds. The zero-order chi connectivity index (χ0) is 14.6. The topological polar surface area (TPSA) is 104 Å². The molecule has 5 nitrogen and oxygen atoms in total. The minimum absolute atomic E-state index is 0.934. The minimum atomic E-state index is -4.94. The van der Waals surface area contributed by atoms with Gasteiger partial charge >= 0.3 is 11.3 Å². The van der Waals surface area contributed by atoms with Crippen molar-refractivity contribution in [3.05, 3.63) is 53.9 Å². The van der Waals surface area contributed by atoms with E-state index in [9.17, 15) is 0 Å². The molecular weight excluding hydrogens is 304 g/mol. The number of rotatable bonds is 1. The second kappa shape index (κ2) is 6.27. The molecule has 0 aliphatic heterocycles. The van der Waals surface area contributed by atoms with Crippen molar-refractivity contribution < 1.29 is 33.3 Å². The first-order valence-electron chi connectivity index (χ1n) is 5.41. The van der Waals surface area contributed by atoms with Gasteiger partial charge in [-0.3, -0.25) is 0 Å². The zero-order valence-corrected chi connectivity index (χ0v) is 11.6. The van der Waals surface area contributed by atoms with Gasteiger partial charge in [0.05, 0.1) is 5.39 Å². The summed E-state index contributed by atoms with van der Waals surface area (Å²) in [6.07, 6.45) is 0. The number of benzene rings is 1. The number of fused-ring (bicyclic) bond motifs is 1. The van der Waals surface area contributed by atoms with Crippen molar-refractivity contribution in [3.63, 3.8) is 0 Å². The number of hydrogen-bond donors (Lipinski definition) is 0. The Balaban J connectivity index is 0.000000257. The highest BCUT2D eigenvalue weighted by Gasteiger charge is 2.14. The summed E-state index contributed by atoms with van der Waals surface area (Å²) in [5, 5.41) is 3.19. The Labute approximate surface area is 120 Å². The predicted octanol–water partition coefficient (Wildman–Crippen LogP) is -0.314. The van der Waals surface area contributed by atoms with E-state index < -0.39 is 10.2 Å². The van der Waals surface area contributed by atoms with Crippen molar-refractivity contribution in [3.8, 4) is 10.6 Å². The van der Waals surface area contributed by atoms with Crippen LogP contribution in [-0.4, -0.2) is 0 Å². The fraction of sp³-hybridized carbons (Fsp3) is 0. The third kappa shape index (κ3) is 4.53. The van der Waals surface area contributed by atoms with E-state index in [2.05, 4.69) is 23.6 Å². The van der Waals surface area contributed by atoms with Gasteiger partial charge in [0.25, 0.3) is 0 Å². The van der Waals surface area contributed by atoms with E-state index in [0.29, 0.717) is 0 Å². The maximum absolute atomic E-state index is 8.49. The first-order valence-corrected chi connectivity index (χ1v) is 7.52. The lowest BCUT2D eigenvalue weighted by atomic mass is 10.2.